The van der Waals surface area contributed by atoms with Crippen molar-refractivity contribution in [3.05, 3.63) is 34.9 Å². The summed E-state index contributed by atoms with van der Waals surface area (Å²) in [6, 6.07) is 7.23. The van der Waals surface area contributed by atoms with Crippen molar-refractivity contribution in [1.29, 1.82) is 0 Å². The van der Waals surface area contributed by atoms with E-state index < -0.39 is 0 Å². The first-order valence-corrected chi connectivity index (χ1v) is 7.80. The van der Waals surface area contributed by atoms with E-state index in [2.05, 4.69) is 18.7 Å². The number of hydrogen-bond donors (Lipinski definition) is 0. The number of carbonyl (C=O) groups excluding carboxylic acids is 1. The molecule has 0 atom stereocenters. The Labute approximate surface area is 119 Å². The maximum absolute atomic E-state index is 11.9. The van der Waals surface area contributed by atoms with E-state index >= 15 is 0 Å². The van der Waals surface area contributed by atoms with E-state index in [-0.39, 0.29) is 5.78 Å². The predicted molar refractivity (Wildman–Crippen MR) is 80.9 cm³/mol. The van der Waals surface area contributed by atoms with Gasteiger partial charge in [0.25, 0.3) is 0 Å². The van der Waals surface area contributed by atoms with Crippen LogP contribution in [0.15, 0.2) is 24.3 Å². The van der Waals surface area contributed by atoms with Crippen LogP contribution in [0.4, 0.5) is 0 Å². The second-order valence-corrected chi connectivity index (χ2v) is 5.49. The standard InChI is InChI=1S/C14H20ClNOS/c1-3-16(4-2)9-10-18-11-14(17)12-7-5-6-8-13(12)15/h5-8H,3-4,9-11H2,1-2H3. The molecule has 0 saturated heterocycles. The fraction of sp³-hybridized carbons (Fsp3) is 0.500. The normalized spacial score (nSPS) is 10.9. The van der Waals surface area contributed by atoms with Crippen LogP contribution in [-0.4, -0.2) is 41.8 Å². The van der Waals surface area contributed by atoms with Gasteiger partial charge < -0.3 is 4.90 Å². The van der Waals surface area contributed by atoms with Gasteiger partial charge in [-0.05, 0) is 25.2 Å². The summed E-state index contributed by atoms with van der Waals surface area (Å²) in [6.45, 7) is 7.48. The van der Waals surface area contributed by atoms with Crippen molar-refractivity contribution in [2.24, 2.45) is 0 Å². The molecule has 1 aromatic rings. The van der Waals surface area contributed by atoms with Gasteiger partial charge in [0.05, 0.1) is 10.8 Å². The molecule has 0 bridgehead atoms. The summed E-state index contributed by atoms with van der Waals surface area (Å²) in [6.07, 6.45) is 0. The first-order valence-electron chi connectivity index (χ1n) is 6.26. The van der Waals surface area contributed by atoms with Crippen LogP contribution in [0.3, 0.4) is 0 Å². The molecule has 1 aromatic carbocycles. The van der Waals surface area contributed by atoms with Crippen molar-refractivity contribution in [1.82, 2.24) is 4.90 Å². The Balaban J connectivity index is 2.32. The number of benzene rings is 1. The van der Waals surface area contributed by atoms with Crippen LogP contribution in [0.1, 0.15) is 24.2 Å². The molecule has 100 valence electrons. The highest BCUT2D eigenvalue weighted by atomic mass is 35.5. The molecule has 0 radical (unpaired) electrons. The topological polar surface area (TPSA) is 20.3 Å². The van der Waals surface area contributed by atoms with Gasteiger partial charge in [-0.1, -0.05) is 37.6 Å². The lowest BCUT2D eigenvalue weighted by molar-refractivity contribution is 0.102. The Hall–Kier alpha value is -0.510. The van der Waals surface area contributed by atoms with E-state index in [4.69, 9.17) is 11.6 Å². The minimum Gasteiger partial charge on any atom is -0.303 e. The van der Waals surface area contributed by atoms with Gasteiger partial charge in [0, 0.05) is 17.9 Å². The minimum atomic E-state index is 0.116. The van der Waals surface area contributed by atoms with E-state index in [9.17, 15) is 4.79 Å². The SMILES string of the molecule is CCN(CC)CCSCC(=O)c1ccccc1Cl. The van der Waals surface area contributed by atoms with Crippen LogP contribution in [-0.2, 0) is 0 Å². The molecule has 18 heavy (non-hydrogen) atoms. The number of ketones is 1. The van der Waals surface area contributed by atoms with Crippen molar-refractivity contribution in [3.63, 3.8) is 0 Å². The number of hydrogen-bond acceptors (Lipinski definition) is 3. The van der Waals surface area contributed by atoms with Crippen LogP contribution in [0, 0.1) is 0 Å². The molecular weight excluding hydrogens is 266 g/mol. The van der Waals surface area contributed by atoms with E-state index in [1.807, 2.05) is 12.1 Å². The Kier molecular flexibility index (Phi) is 7.40. The second-order valence-electron chi connectivity index (χ2n) is 3.98. The molecule has 0 spiro atoms. The molecule has 1 rings (SSSR count). The van der Waals surface area contributed by atoms with Crippen molar-refractivity contribution < 1.29 is 4.79 Å². The van der Waals surface area contributed by atoms with Gasteiger partial charge in [-0.2, -0.15) is 11.8 Å². The average molecular weight is 286 g/mol. The molecule has 2 nitrogen and oxygen atoms in total. The Morgan fingerprint density at radius 1 is 1.28 bits per heavy atom. The Morgan fingerprint density at radius 2 is 1.94 bits per heavy atom. The van der Waals surface area contributed by atoms with E-state index in [1.165, 1.54) is 0 Å². The number of rotatable bonds is 8. The summed E-state index contributed by atoms with van der Waals surface area (Å²) in [7, 11) is 0. The molecule has 0 aliphatic rings. The van der Waals surface area contributed by atoms with Crippen molar-refractivity contribution >= 4 is 29.1 Å². The summed E-state index contributed by atoms with van der Waals surface area (Å²) in [4.78, 5) is 14.3. The van der Waals surface area contributed by atoms with Gasteiger partial charge in [0.1, 0.15) is 0 Å². The summed E-state index contributed by atoms with van der Waals surface area (Å²) >= 11 is 7.66. The third-order valence-corrected chi connectivity index (χ3v) is 4.12. The van der Waals surface area contributed by atoms with Crippen molar-refractivity contribution in [2.45, 2.75) is 13.8 Å². The molecule has 0 fully saturated rings. The highest BCUT2D eigenvalue weighted by Crippen LogP contribution is 2.17. The van der Waals surface area contributed by atoms with Gasteiger partial charge in [-0.3, -0.25) is 4.79 Å². The first-order chi connectivity index (χ1) is 8.69. The van der Waals surface area contributed by atoms with Gasteiger partial charge in [0.15, 0.2) is 5.78 Å². The molecule has 0 saturated carbocycles. The highest BCUT2D eigenvalue weighted by Gasteiger charge is 2.09. The number of thioether (sulfide) groups is 1. The van der Waals surface area contributed by atoms with Crippen LogP contribution in [0.25, 0.3) is 0 Å². The zero-order chi connectivity index (χ0) is 13.4. The monoisotopic (exact) mass is 285 g/mol. The fourth-order valence-corrected chi connectivity index (χ4v) is 2.78. The summed E-state index contributed by atoms with van der Waals surface area (Å²) < 4.78 is 0. The summed E-state index contributed by atoms with van der Waals surface area (Å²) in [5.74, 6) is 1.60. The molecule has 4 heteroatoms. The lowest BCUT2D eigenvalue weighted by atomic mass is 10.1. The van der Waals surface area contributed by atoms with Gasteiger partial charge in [-0.25, -0.2) is 0 Å². The first kappa shape index (κ1) is 15.5. The molecule has 0 amide bonds. The summed E-state index contributed by atoms with van der Waals surface area (Å²) in [5.41, 5.74) is 0.634. The van der Waals surface area contributed by atoms with Crippen molar-refractivity contribution in [2.75, 3.05) is 31.1 Å². The third kappa shape index (κ3) is 5.01. The second kappa shape index (κ2) is 8.57. The third-order valence-electron chi connectivity index (χ3n) is 2.85. The molecule has 0 aliphatic heterocycles. The average Bonchev–Trinajstić information content (AvgIpc) is 2.39. The van der Waals surface area contributed by atoms with E-state index in [0.717, 1.165) is 25.4 Å². The van der Waals surface area contributed by atoms with Crippen LogP contribution in [0.2, 0.25) is 5.02 Å². The van der Waals surface area contributed by atoms with Gasteiger partial charge in [-0.15, -0.1) is 0 Å². The smallest absolute Gasteiger partial charge is 0.174 e. The quantitative estimate of drug-likeness (QED) is 0.538. The highest BCUT2D eigenvalue weighted by molar-refractivity contribution is 8.00. The zero-order valence-electron chi connectivity index (χ0n) is 11.0. The van der Waals surface area contributed by atoms with Gasteiger partial charge in [0.2, 0.25) is 0 Å². The Bertz CT molecular complexity index is 380. The Morgan fingerprint density at radius 3 is 2.56 bits per heavy atom. The number of Topliss-reactive ketones (excluding diaryl/α,β-unsaturated/α-hetero) is 1. The van der Waals surface area contributed by atoms with Crippen LogP contribution in [0.5, 0.6) is 0 Å². The maximum Gasteiger partial charge on any atom is 0.174 e. The van der Waals surface area contributed by atoms with Crippen LogP contribution >= 0.6 is 23.4 Å². The number of carbonyl (C=O) groups is 1. The van der Waals surface area contributed by atoms with E-state index in [0.29, 0.717) is 16.3 Å². The lowest BCUT2D eigenvalue weighted by Crippen LogP contribution is -2.25. The molecule has 0 aliphatic carbocycles. The predicted octanol–water partition coefficient (Wildman–Crippen LogP) is 3.60. The number of halogens is 1. The molecule has 0 heterocycles. The number of nitrogens with zero attached hydrogens (tertiary/aromatic N) is 1. The maximum atomic E-state index is 11.9. The lowest BCUT2D eigenvalue weighted by Gasteiger charge is -2.17. The largest absolute Gasteiger partial charge is 0.303 e. The molecule has 0 N–H and O–H groups in total. The van der Waals surface area contributed by atoms with Crippen LogP contribution < -0.4 is 0 Å². The summed E-state index contributed by atoms with van der Waals surface area (Å²) in [5, 5.41) is 0.548. The van der Waals surface area contributed by atoms with Gasteiger partial charge >= 0.3 is 0 Å². The van der Waals surface area contributed by atoms with Crippen molar-refractivity contribution in [3.8, 4) is 0 Å². The molecule has 0 aromatic heterocycles. The molecular formula is C14H20ClNOS. The zero-order valence-corrected chi connectivity index (χ0v) is 12.6. The van der Waals surface area contributed by atoms with E-state index in [1.54, 1.807) is 23.9 Å². The molecule has 0 unspecified atom stereocenters. The fourth-order valence-electron chi connectivity index (χ4n) is 1.66. The minimum absolute atomic E-state index is 0.116.